The van der Waals surface area contributed by atoms with Crippen LogP contribution in [0.3, 0.4) is 0 Å². The molecule has 10 N–H and O–H groups in total. The Labute approximate surface area is 821 Å². The van der Waals surface area contributed by atoms with Crippen LogP contribution in [0.2, 0.25) is 10.0 Å². The smallest absolute Gasteiger partial charge is 0.251 e. The lowest BCUT2D eigenvalue weighted by Crippen LogP contribution is -2.22. The van der Waals surface area contributed by atoms with Crippen LogP contribution < -0.4 is 16.0 Å². The molecule has 12 rings (SSSR count). The molecule has 3 amide bonds. The van der Waals surface area contributed by atoms with E-state index in [1.807, 2.05) is 59.3 Å². The van der Waals surface area contributed by atoms with Gasteiger partial charge in [0.25, 0.3) is 17.7 Å². The number of hydrogen-bond donors (Lipinski definition) is 10. The first-order valence-electron chi connectivity index (χ1n) is 43.7. The Kier molecular flexibility index (Phi) is 43.0. The predicted octanol–water partition coefficient (Wildman–Crippen LogP) is 21.1. The van der Waals surface area contributed by atoms with Gasteiger partial charge in [-0.05, 0) is 152 Å². The van der Waals surface area contributed by atoms with Gasteiger partial charge in [0, 0.05) is 163 Å². The van der Waals surface area contributed by atoms with Crippen molar-refractivity contribution in [1.29, 1.82) is 5.41 Å². The van der Waals surface area contributed by atoms with Gasteiger partial charge in [-0.2, -0.15) is 0 Å². The summed E-state index contributed by atoms with van der Waals surface area (Å²) in [5.74, 6) is -0.787. The van der Waals surface area contributed by atoms with E-state index in [1.54, 1.807) is 178 Å². The van der Waals surface area contributed by atoms with Gasteiger partial charge in [-0.25, -0.2) is 0 Å². The van der Waals surface area contributed by atoms with Gasteiger partial charge in [0.05, 0.1) is 64.3 Å². The van der Waals surface area contributed by atoms with Crippen molar-refractivity contribution in [2.24, 2.45) is 9.98 Å². The number of ketones is 6. The lowest BCUT2D eigenvalue weighted by molar-refractivity contribution is 0.0829. The van der Waals surface area contributed by atoms with Gasteiger partial charge in [0.1, 0.15) is 30.3 Å². The van der Waals surface area contributed by atoms with Gasteiger partial charge in [0.15, 0.2) is 34.7 Å². The Morgan fingerprint density at radius 2 is 0.669 bits per heavy atom. The molecule has 24 nitrogen and oxygen atoms in total. The number of carbonyl (C=O) groups is 9. The third-order valence-electron chi connectivity index (χ3n) is 21.2. The largest absolute Gasteiger partial charge is 0.506 e. The summed E-state index contributed by atoms with van der Waals surface area (Å²) in [6, 6.07) is 61.6. The zero-order valence-electron chi connectivity index (χ0n) is 76.4. The molecule has 0 aliphatic carbocycles. The minimum absolute atomic E-state index is 0.00679. The summed E-state index contributed by atoms with van der Waals surface area (Å²) in [6.45, 7) is 15.9. The molecular weight excluding hydrogens is 1890 g/mol. The predicted molar refractivity (Wildman–Crippen MR) is 543 cm³/mol. The van der Waals surface area contributed by atoms with Crippen molar-refractivity contribution in [2.45, 2.75) is 112 Å². The second-order valence-corrected chi connectivity index (χ2v) is 36.6. The van der Waals surface area contributed by atoms with Crippen LogP contribution in [0.15, 0.2) is 243 Å². The molecule has 0 fully saturated rings. The second-order valence-electron chi connectivity index (χ2n) is 32.2. The molecule has 0 saturated carbocycles. The van der Waals surface area contributed by atoms with E-state index in [0.29, 0.717) is 164 Å². The molecule has 0 radical (unpaired) electrons. The first-order valence-corrected chi connectivity index (χ1v) is 47.9. The van der Waals surface area contributed by atoms with Crippen LogP contribution in [0.4, 0.5) is 0 Å². The van der Waals surface area contributed by atoms with E-state index in [-0.39, 0.29) is 141 Å². The Bertz CT molecular complexity index is 6140. The van der Waals surface area contributed by atoms with Crippen LogP contribution in [0.1, 0.15) is 219 Å². The van der Waals surface area contributed by atoms with Gasteiger partial charge in [-0.3, -0.25) is 53.1 Å². The topological polar surface area (TPSA) is 387 Å². The number of aromatic hydroxyl groups is 3. The van der Waals surface area contributed by atoms with Crippen molar-refractivity contribution in [3.63, 3.8) is 0 Å². The number of aliphatic hydroxyl groups excluding tert-OH is 3. The number of nitrogens with zero attached hydrogens (tertiary/aromatic N) is 2. The minimum atomic E-state index is -0.295. The highest BCUT2D eigenvalue weighted by atomic mass is 79.9. The molecule has 30 heteroatoms. The van der Waals surface area contributed by atoms with Gasteiger partial charge in [-0.1, -0.05) is 212 Å². The molecule has 0 bridgehead atoms. The Morgan fingerprint density at radius 3 is 0.985 bits per heavy atom. The number of carbonyl (C=O) groups excluding carboxylic acids is 9. The summed E-state index contributed by atoms with van der Waals surface area (Å²) in [7, 11) is 0. The van der Waals surface area contributed by atoms with Gasteiger partial charge < -0.3 is 66.2 Å². The molecule has 3 aromatic heterocycles. The first-order chi connectivity index (χ1) is 65.2. The quantitative estimate of drug-likeness (QED) is 0.00964. The molecule has 0 unspecified atom stereocenters. The maximum atomic E-state index is 12.9. The van der Waals surface area contributed by atoms with Crippen LogP contribution >= 0.6 is 73.1 Å². The number of amides is 3. The Hall–Kier alpha value is -12.3. The first kappa shape index (κ1) is 107. The molecule has 710 valence electrons. The fourth-order valence-corrected chi connectivity index (χ4v) is 16.8. The monoisotopic (exact) mass is 2000 g/mol. The van der Waals surface area contributed by atoms with E-state index in [0.717, 1.165) is 47.6 Å². The maximum absolute atomic E-state index is 12.9. The van der Waals surface area contributed by atoms with Crippen molar-refractivity contribution < 1.29 is 88.0 Å². The molecule has 0 aliphatic rings. The SMILES string of the molecule is CC(=N)c1csc(-c2ccc(Br)cc2)c1O.CC(=NCC(=O)c1ccc(C(=O)NCc2ccc(C(=O)CCCOCCO)cc2)cc1)c1csc(-c2ccc(C(C)(C)C)cc2)c1O.CC(=NCC(=O)c1ccc(C(=O)NCc2ccc(C(=O)CCCOCCO)cc2)cc1)c1csc(-c2ccc(Cl)c(Cl)c2)c1O.CC(=O)c1ccc(C(=O)NCc2ccc(C(=O)CCCOCCO)cc2)cc1. The van der Waals surface area contributed by atoms with Crippen molar-refractivity contribution in [2.75, 3.05) is 72.6 Å². The average molecular weight is 2000 g/mol. The third kappa shape index (κ3) is 33.0. The van der Waals surface area contributed by atoms with Crippen molar-refractivity contribution in [1.82, 2.24) is 16.0 Å². The molecule has 0 aliphatic heterocycles. The summed E-state index contributed by atoms with van der Waals surface area (Å²) in [5, 5.41) is 80.1. The van der Waals surface area contributed by atoms with Crippen LogP contribution in [-0.4, -0.2) is 173 Å². The number of rotatable bonds is 43. The molecule has 0 spiro atoms. The lowest BCUT2D eigenvalue weighted by Gasteiger charge is -2.19. The van der Waals surface area contributed by atoms with Crippen LogP contribution in [0.25, 0.3) is 31.3 Å². The zero-order valence-corrected chi connectivity index (χ0v) is 82.0. The number of nitrogens with one attached hydrogen (secondary N) is 4. The summed E-state index contributed by atoms with van der Waals surface area (Å²) in [5.41, 5.74) is 14.2. The summed E-state index contributed by atoms with van der Waals surface area (Å²) < 4.78 is 16.5. The number of aliphatic imine (C=N–C) groups is 2. The number of halogens is 3. The number of hydrogen-bond acceptors (Lipinski definition) is 24. The number of aliphatic hydroxyl groups is 3. The Morgan fingerprint density at radius 1 is 0.375 bits per heavy atom. The molecule has 136 heavy (non-hydrogen) atoms. The second kappa shape index (κ2) is 54.5. The average Bonchev–Trinajstić information content (AvgIpc) is 1.69. The molecule has 0 saturated heterocycles. The molecular formula is C106H109BrCl2N6O18S3. The van der Waals surface area contributed by atoms with E-state index in [9.17, 15) is 58.5 Å². The standard InChI is InChI=1S/C38H42N2O6S.C34H32Cl2N2O6S.C22H25NO5.C12H10BrNOS/c1-25(32-24-47-36(35(32)44)29-15-17-31(18-16-29)38(2,3)4)39-23-34(43)28-11-13-30(14-12-28)37(45)40-22-26-7-9-27(10-8-26)33(42)6-5-20-46-21-19-41;1-21(27-20-45-33(32(27)42)26-12-13-28(35)29(36)17-26)37-19-31(41)24-8-10-25(11-9-24)34(43)38-18-22-4-6-23(7-5-22)30(40)3-2-15-44-16-14-39;1-16(25)18-8-10-20(11-9-18)22(27)23-15-17-4-6-19(7-5-17)21(26)3-2-13-28-14-12-24;1-7(14)10-6-16-12(11(10)15)8-2-4-9(13)5-3-8/h7-18,24,41,44H,5-6,19-23H2,1-4H3,(H,40,45);4-13,17,20,39,42H,2-3,14-16,18-19H2,1H3,(H,38,43);4-11,24H,2-3,12-15H2,1H3,(H,23,27);2-6,14-15H,1H3. The minimum Gasteiger partial charge on any atom is -0.506 e. The molecule has 3 heterocycles. The van der Waals surface area contributed by atoms with Crippen molar-refractivity contribution in [3.05, 3.63) is 332 Å². The zero-order chi connectivity index (χ0) is 98.4. The highest BCUT2D eigenvalue weighted by Crippen LogP contribution is 2.43. The summed E-state index contributed by atoms with van der Waals surface area (Å²) >= 11 is 19.7. The Balaban J connectivity index is 0.000000216. The highest BCUT2D eigenvalue weighted by molar-refractivity contribution is 9.10. The lowest BCUT2D eigenvalue weighted by atomic mass is 9.86. The van der Waals surface area contributed by atoms with Crippen molar-refractivity contribution in [3.8, 4) is 48.6 Å². The van der Waals surface area contributed by atoms with E-state index >= 15 is 0 Å². The van der Waals surface area contributed by atoms with E-state index in [2.05, 4.69) is 74.8 Å². The third-order valence-corrected chi connectivity index (χ3v) is 25.5. The van der Waals surface area contributed by atoms with Crippen molar-refractivity contribution >= 4 is 143 Å². The van der Waals surface area contributed by atoms with Crippen LogP contribution in [0.5, 0.6) is 17.2 Å². The van der Waals surface area contributed by atoms with Gasteiger partial charge in [0.2, 0.25) is 0 Å². The summed E-state index contributed by atoms with van der Waals surface area (Å²) in [6.07, 6.45) is 2.88. The number of Topliss-reactive ketones (excluding diaryl/α,β-unsaturated/α-hetero) is 6. The molecule has 0 atom stereocenters. The van der Waals surface area contributed by atoms with Crippen LogP contribution in [0, 0.1) is 5.41 Å². The number of benzene rings is 9. The highest BCUT2D eigenvalue weighted by Gasteiger charge is 2.23. The molecule has 12 aromatic rings. The van der Waals surface area contributed by atoms with E-state index < -0.39 is 0 Å². The van der Waals surface area contributed by atoms with Gasteiger partial charge >= 0.3 is 0 Å². The van der Waals surface area contributed by atoms with E-state index in [1.165, 1.54) is 46.5 Å². The fraction of sp³-hybridized carbons (Fsp3) is 0.264. The number of ether oxygens (including phenoxy) is 3. The molecule has 9 aromatic carbocycles. The maximum Gasteiger partial charge on any atom is 0.251 e. The number of thiophene rings is 3. The summed E-state index contributed by atoms with van der Waals surface area (Å²) in [4.78, 5) is 122. The normalized spacial score (nSPS) is 11.2. The van der Waals surface area contributed by atoms with E-state index in [4.69, 9.17) is 58.1 Å². The fourth-order valence-electron chi connectivity index (χ4n) is 13.2. The van der Waals surface area contributed by atoms with Crippen LogP contribution in [-0.2, 0) is 39.3 Å². The van der Waals surface area contributed by atoms with Gasteiger partial charge in [-0.15, -0.1) is 34.0 Å².